The molecule has 14 heteroatoms. The third kappa shape index (κ3) is 9.86. The Balaban J connectivity index is 0.908. The van der Waals surface area contributed by atoms with E-state index in [2.05, 4.69) is 20.6 Å². The van der Waals surface area contributed by atoms with Crippen LogP contribution >= 0.6 is 8.25 Å². The van der Waals surface area contributed by atoms with E-state index < -0.39 is 8.25 Å². The van der Waals surface area contributed by atoms with Gasteiger partial charge < -0.3 is 10.6 Å². The topological polar surface area (TPSA) is 129 Å². The van der Waals surface area contributed by atoms with Crippen molar-refractivity contribution in [3.63, 3.8) is 0 Å². The lowest BCUT2D eigenvalue weighted by Gasteiger charge is -2.06. The first-order valence-corrected chi connectivity index (χ1v) is 16.8. The van der Waals surface area contributed by atoms with Crippen molar-refractivity contribution in [1.29, 1.82) is 0 Å². The van der Waals surface area contributed by atoms with E-state index >= 15 is 0 Å². The van der Waals surface area contributed by atoms with E-state index in [4.69, 9.17) is 9.05 Å². The number of hydrogen-bond acceptors (Lipinski definition) is 7. The van der Waals surface area contributed by atoms with Crippen molar-refractivity contribution >= 4 is 43.6 Å². The van der Waals surface area contributed by atoms with Crippen molar-refractivity contribution in [1.82, 2.24) is 19.1 Å². The number of anilines is 2. The van der Waals surface area contributed by atoms with Crippen LogP contribution < -0.4 is 10.6 Å². The number of benzene rings is 4. The Morgan fingerprint density at radius 1 is 0.615 bits per heavy atom. The number of imidazole rings is 2. The summed E-state index contributed by atoms with van der Waals surface area (Å²) >= 11 is 0. The number of hydrogen-bond donors (Lipinski definition) is 2. The van der Waals surface area contributed by atoms with Gasteiger partial charge in [0.15, 0.2) is 0 Å². The molecule has 0 spiro atoms. The predicted octanol–water partition coefficient (Wildman–Crippen LogP) is 8.03. The van der Waals surface area contributed by atoms with Gasteiger partial charge in [-0.2, -0.15) is 0 Å². The molecule has 0 atom stereocenters. The maximum Gasteiger partial charge on any atom is 0.698 e. The van der Waals surface area contributed by atoms with Crippen LogP contribution in [0.15, 0.2) is 134 Å². The van der Waals surface area contributed by atoms with Crippen molar-refractivity contribution in [2.24, 2.45) is 0 Å². The molecule has 52 heavy (non-hydrogen) atoms. The fourth-order valence-electron chi connectivity index (χ4n) is 4.84. The minimum Gasteiger partial charge on any atom is -0.323 e. The van der Waals surface area contributed by atoms with Crippen LogP contribution in [-0.2, 0) is 36.4 Å². The van der Waals surface area contributed by atoms with E-state index in [9.17, 15) is 22.9 Å². The SMILES string of the molecule is O=C(/C=C/c1cncn1-c1ccc(F)cc1)Nc1ccc(CO[P+](=O)OCc2ccc(NC(=O)/C=C/c3cncn3-c3ccc(F)cc3)cc2)cc1. The average Bonchev–Trinajstić information content (AvgIpc) is 3.83. The summed E-state index contributed by atoms with van der Waals surface area (Å²) in [5.41, 5.74) is 5.24. The summed E-state index contributed by atoms with van der Waals surface area (Å²) in [5, 5.41) is 5.54. The maximum absolute atomic E-state index is 13.3. The molecule has 11 nitrogen and oxygen atoms in total. The van der Waals surface area contributed by atoms with Gasteiger partial charge in [-0.1, -0.05) is 24.3 Å². The number of carbonyl (C=O) groups excluding carboxylic acids is 2. The second kappa shape index (κ2) is 17.0. The van der Waals surface area contributed by atoms with E-state index in [1.54, 1.807) is 119 Å². The molecule has 0 fully saturated rings. The van der Waals surface area contributed by atoms with Gasteiger partial charge in [-0.25, -0.2) is 18.7 Å². The van der Waals surface area contributed by atoms with E-state index in [-0.39, 0.29) is 36.7 Å². The minimum atomic E-state index is -2.42. The highest BCUT2D eigenvalue weighted by atomic mass is 31.1. The van der Waals surface area contributed by atoms with Crippen LogP contribution in [0.2, 0.25) is 0 Å². The second-order valence-electron chi connectivity index (χ2n) is 11.1. The molecule has 6 rings (SSSR count). The molecular weight excluding hydrogens is 689 g/mol. The molecule has 2 aromatic heterocycles. The highest BCUT2D eigenvalue weighted by Crippen LogP contribution is 2.28. The van der Waals surface area contributed by atoms with E-state index in [1.807, 2.05) is 0 Å². The van der Waals surface area contributed by atoms with Gasteiger partial charge in [0.1, 0.15) is 24.8 Å². The summed E-state index contributed by atoms with van der Waals surface area (Å²) in [7, 11) is -2.42. The quantitative estimate of drug-likeness (QED) is 0.0862. The van der Waals surface area contributed by atoms with Gasteiger partial charge in [0.05, 0.1) is 36.4 Å². The van der Waals surface area contributed by atoms with Crippen molar-refractivity contribution in [3.05, 3.63) is 168 Å². The monoisotopic (exact) mass is 719 g/mol. The summed E-state index contributed by atoms with van der Waals surface area (Å²) in [4.78, 5) is 33.2. The molecule has 4 aromatic carbocycles. The van der Waals surface area contributed by atoms with Gasteiger partial charge in [0, 0.05) is 39.5 Å². The molecule has 2 N–H and O–H groups in total. The van der Waals surface area contributed by atoms with Crippen LogP contribution in [0.4, 0.5) is 20.2 Å². The Kier molecular flexibility index (Phi) is 11.6. The normalized spacial score (nSPS) is 11.3. The van der Waals surface area contributed by atoms with Crippen LogP contribution in [0.25, 0.3) is 23.5 Å². The number of carbonyl (C=O) groups is 2. The molecule has 0 aliphatic rings. The third-order valence-electron chi connectivity index (χ3n) is 7.47. The summed E-state index contributed by atoms with van der Waals surface area (Å²) in [5.74, 6) is -1.41. The van der Waals surface area contributed by atoms with E-state index in [0.29, 0.717) is 34.1 Å². The lowest BCUT2D eigenvalue weighted by molar-refractivity contribution is -0.112. The smallest absolute Gasteiger partial charge is 0.323 e. The van der Waals surface area contributed by atoms with Crippen LogP contribution in [-0.4, -0.2) is 30.9 Å². The van der Waals surface area contributed by atoms with Gasteiger partial charge in [-0.3, -0.25) is 18.7 Å². The van der Waals surface area contributed by atoms with Crippen LogP contribution in [0.5, 0.6) is 0 Å². The number of nitrogens with zero attached hydrogens (tertiary/aromatic N) is 4. The largest absolute Gasteiger partial charge is 0.698 e. The Bertz CT molecular complexity index is 2060. The van der Waals surface area contributed by atoms with Gasteiger partial charge in [-0.15, -0.1) is 9.05 Å². The highest BCUT2D eigenvalue weighted by Gasteiger charge is 2.20. The molecule has 0 unspecified atom stereocenters. The Labute approximate surface area is 297 Å². The zero-order valence-electron chi connectivity index (χ0n) is 27.3. The lowest BCUT2D eigenvalue weighted by Crippen LogP contribution is -2.08. The van der Waals surface area contributed by atoms with Crippen molar-refractivity contribution in [2.45, 2.75) is 13.2 Å². The van der Waals surface area contributed by atoms with Gasteiger partial charge >= 0.3 is 8.25 Å². The molecule has 2 amide bonds. The summed E-state index contributed by atoms with van der Waals surface area (Å²) in [6.45, 7) is 0.0553. The van der Waals surface area contributed by atoms with E-state index in [0.717, 1.165) is 11.1 Å². The molecule has 6 aromatic rings. The molecule has 0 aliphatic carbocycles. The molecule has 0 saturated heterocycles. The molecule has 0 bridgehead atoms. The summed E-state index contributed by atoms with van der Waals surface area (Å²) < 4.78 is 53.0. The number of nitrogens with one attached hydrogen (secondary N) is 2. The molecular formula is C38H30F2N6O5P+. The van der Waals surface area contributed by atoms with Gasteiger partial charge in [0.25, 0.3) is 0 Å². The predicted molar refractivity (Wildman–Crippen MR) is 192 cm³/mol. The van der Waals surface area contributed by atoms with Crippen molar-refractivity contribution in [3.8, 4) is 11.4 Å². The Morgan fingerprint density at radius 2 is 1.00 bits per heavy atom. The molecule has 0 radical (unpaired) electrons. The van der Waals surface area contributed by atoms with Crippen LogP contribution in [0, 0.1) is 11.6 Å². The number of aromatic nitrogens is 4. The summed E-state index contributed by atoms with van der Waals surface area (Å²) in [6.07, 6.45) is 12.3. The Hall–Kier alpha value is -6.40. The molecule has 2 heterocycles. The average molecular weight is 720 g/mol. The fourth-order valence-corrected chi connectivity index (χ4v) is 5.43. The highest BCUT2D eigenvalue weighted by molar-refractivity contribution is 7.33. The van der Waals surface area contributed by atoms with Crippen LogP contribution in [0.1, 0.15) is 22.5 Å². The second-order valence-corrected chi connectivity index (χ2v) is 12.1. The van der Waals surface area contributed by atoms with Crippen molar-refractivity contribution in [2.75, 3.05) is 10.6 Å². The number of amides is 2. The molecule has 0 saturated carbocycles. The zero-order valence-corrected chi connectivity index (χ0v) is 28.2. The Morgan fingerprint density at radius 3 is 1.38 bits per heavy atom. The van der Waals surface area contributed by atoms with E-state index in [1.165, 1.54) is 36.4 Å². The van der Waals surface area contributed by atoms with Crippen molar-refractivity contribution < 1.29 is 32.0 Å². The standard InChI is InChI=1S/C38H29F2N6O5P/c39-29-5-13-33(14-6-29)45-25-41-21-35(45)17-19-37(47)43-31-9-1-27(2-10-31)23-50-52(49)51-24-28-3-11-32(12-4-28)44-38(48)20-18-36-22-42-26-46(36)34-15-7-30(40)8-16-34/h1-22,25-26H,23-24H2,(H-,43,44,47,48)/p+1/b19-17+,20-18+. The first kappa shape index (κ1) is 35.4. The third-order valence-corrected chi connectivity index (χ3v) is 8.15. The maximum atomic E-state index is 13.3. The first-order chi connectivity index (χ1) is 25.3. The molecule has 0 aliphatic heterocycles. The van der Waals surface area contributed by atoms with Gasteiger partial charge in [-0.05, 0) is 96.1 Å². The fraction of sp³-hybridized carbons (Fsp3) is 0.0526. The minimum absolute atomic E-state index is 0.0277. The number of rotatable bonds is 14. The van der Waals surface area contributed by atoms with Crippen LogP contribution in [0.3, 0.4) is 0 Å². The zero-order chi connectivity index (χ0) is 36.3. The molecule has 260 valence electrons. The first-order valence-electron chi connectivity index (χ1n) is 15.7. The van der Waals surface area contributed by atoms with Gasteiger partial charge in [0.2, 0.25) is 11.8 Å². The summed E-state index contributed by atoms with van der Waals surface area (Å²) in [6, 6.07) is 25.6. The number of halogens is 2. The lowest BCUT2D eigenvalue weighted by atomic mass is 10.2.